The molecule has 1 aliphatic carbocycles. The lowest BCUT2D eigenvalue weighted by molar-refractivity contribution is 0.509. The second kappa shape index (κ2) is 4.19. The molecular weight excluding hydrogens is 318 g/mol. The number of hydrogen-bond acceptors (Lipinski definition) is 1. The Labute approximate surface area is 108 Å². The summed E-state index contributed by atoms with van der Waals surface area (Å²) in [5.41, 5.74) is 10.2. The van der Waals surface area contributed by atoms with Crippen LogP contribution in [0.25, 0.3) is 0 Å². The van der Waals surface area contributed by atoms with Gasteiger partial charge in [0.2, 0.25) is 0 Å². The zero-order chi connectivity index (χ0) is 11.2. The minimum atomic E-state index is 0.182. The highest BCUT2D eigenvalue weighted by Gasteiger charge is 2.27. The second-order valence-electron chi connectivity index (χ2n) is 4.40. The van der Waals surface area contributed by atoms with Crippen LogP contribution in [0.15, 0.2) is 15.0 Å². The van der Waals surface area contributed by atoms with Crippen LogP contribution in [0.4, 0.5) is 0 Å². The summed E-state index contributed by atoms with van der Waals surface area (Å²) in [5.74, 6) is 0.603. The van der Waals surface area contributed by atoms with Gasteiger partial charge < -0.3 is 5.73 Å². The zero-order valence-corrected chi connectivity index (χ0v) is 12.2. The summed E-state index contributed by atoms with van der Waals surface area (Å²) in [6.45, 7) is 4.39. The molecule has 2 atom stereocenters. The minimum Gasteiger partial charge on any atom is -0.324 e. The van der Waals surface area contributed by atoms with E-state index in [1.54, 1.807) is 0 Å². The van der Waals surface area contributed by atoms with E-state index in [1.807, 2.05) is 0 Å². The molecule has 1 aromatic carbocycles. The quantitative estimate of drug-likeness (QED) is 0.747. The molecule has 82 valence electrons. The molecule has 3 heteroatoms. The van der Waals surface area contributed by atoms with Gasteiger partial charge in [0.25, 0.3) is 0 Å². The maximum atomic E-state index is 6.20. The summed E-state index contributed by atoms with van der Waals surface area (Å²) in [5, 5.41) is 0. The molecule has 0 heterocycles. The highest BCUT2D eigenvalue weighted by molar-refractivity contribution is 9.11. The summed E-state index contributed by atoms with van der Waals surface area (Å²) in [7, 11) is 0. The van der Waals surface area contributed by atoms with E-state index in [0.717, 1.165) is 6.42 Å². The van der Waals surface area contributed by atoms with Crippen molar-refractivity contribution in [3.05, 3.63) is 31.7 Å². The topological polar surface area (TPSA) is 26.0 Å². The normalized spacial score (nSPS) is 25.1. The lowest BCUT2D eigenvalue weighted by Gasteiger charge is -2.30. The van der Waals surface area contributed by atoms with Crippen molar-refractivity contribution in [3.8, 4) is 0 Å². The van der Waals surface area contributed by atoms with E-state index in [2.05, 4.69) is 51.8 Å². The van der Waals surface area contributed by atoms with Crippen molar-refractivity contribution >= 4 is 31.9 Å². The Bertz CT molecular complexity index is 401. The third-order valence-corrected chi connectivity index (χ3v) is 4.96. The van der Waals surface area contributed by atoms with Crippen molar-refractivity contribution in [3.63, 3.8) is 0 Å². The van der Waals surface area contributed by atoms with Gasteiger partial charge in [-0.2, -0.15) is 0 Å². The summed E-state index contributed by atoms with van der Waals surface area (Å²) < 4.78 is 2.40. The molecule has 0 fully saturated rings. The molecule has 0 aliphatic heterocycles. The molecule has 0 aromatic heterocycles. The van der Waals surface area contributed by atoms with E-state index < -0.39 is 0 Å². The van der Waals surface area contributed by atoms with E-state index in [-0.39, 0.29) is 6.04 Å². The number of benzene rings is 1. The average molecular weight is 333 g/mol. The first kappa shape index (κ1) is 11.6. The molecule has 2 rings (SSSR count). The molecule has 1 nitrogen and oxygen atoms in total. The first-order valence-corrected chi connectivity index (χ1v) is 6.85. The van der Waals surface area contributed by atoms with Crippen molar-refractivity contribution in [1.29, 1.82) is 0 Å². The Hall–Kier alpha value is 0.140. The third kappa shape index (κ3) is 1.90. The standard InChI is InChI=1S/C12H15Br2N/c1-6-3-4-9(15)11-10(6)8(13)5-7(2)12(11)14/h5-6,9H,3-4,15H2,1-2H3. The molecule has 2 N–H and O–H groups in total. The minimum absolute atomic E-state index is 0.182. The van der Waals surface area contributed by atoms with Crippen LogP contribution in [0.1, 0.15) is 48.4 Å². The van der Waals surface area contributed by atoms with Crippen molar-refractivity contribution in [1.82, 2.24) is 0 Å². The maximum Gasteiger partial charge on any atom is 0.0309 e. The van der Waals surface area contributed by atoms with Gasteiger partial charge in [0, 0.05) is 15.0 Å². The van der Waals surface area contributed by atoms with Crippen LogP contribution in [0.3, 0.4) is 0 Å². The van der Waals surface area contributed by atoms with Gasteiger partial charge in [0.15, 0.2) is 0 Å². The van der Waals surface area contributed by atoms with E-state index in [0.29, 0.717) is 5.92 Å². The first-order chi connectivity index (χ1) is 7.02. The van der Waals surface area contributed by atoms with Crippen LogP contribution in [-0.2, 0) is 0 Å². The van der Waals surface area contributed by atoms with Crippen molar-refractivity contribution in [2.24, 2.45) is 5.73 Å². The number of nitrogens with two attached hydrogens (primary N) is 1. The van der Waals surface area contributed by atoms with Crippen LogP contribution in [0.5, 0.6) is 0 Å². The average Bonchev–Trinajstić information content (AvgIpc) is 2.18. The molecule has 0 saturated carbocycles. The molecule has 0 bridgehead atoms. The van der Waals surface area contributed by atoms with Gasteiger partial charge in [-0.05, 0) is 48.4 Å². The second-order valence-corrected chi connectivity index (χ2v) is 6.05. The predicted octanol–water partition coefficient (Wildman–Crippen LogP) is 4.42. The van der Waals surface area contributed by atoms with Gasteiger partial charge in [-0.15, -0.1) is 0 Å². The fourth-order valence-corrected chi connectivity index (χ4v) is 3.94. The summed E-state index contributed by atoms with van der Waals surface area (Å²) in [6.07, 6.45) is 2.27. The SMILES string of the molecule is Cc1cc(Br)c2c(c1Br)C(N)CCC2C. The number of aryl methyl sites for hydroxylation is 1. The van der Waals surface area contributed by atoms with Crippen LogP contribution in [-0.4, -0.2) is 0 Å². The first-order valence-electron chi connectivity index (χ1n) is 5.26. The molecule has 1 aliphatic rings. The Morgan fingerprint density at radius 3 is 2.60 bits per heavy atom. The summed E-state index contributed by atoms with van der Waals surface area (Å²) >= 11 is 7.33. The maximum absolute atomic E-state index is 6.20. The highest BCUT2D eigenvalue weighted by atomic mass is 79.9. The van der Waals surface area contributed by atoms with Crippen LogP contribution in [0.2, 0.25) is 0 Å². The molecule has 0 saturated heterocycles. The Balaban J connectivity index is 2.71. The number of fused-ring (bicyclic) bond motifs is 1. The lowest BCUT2D eigenvalue weighted by atomic mass is 9.81. The van der Waals surface area contributed by atoms with Crippen molar-refractivity contribution < 1.29 is 0 Å². The molecule has 0 spiro atoms. The van der Waals surface area contributed by atoms with Crippen LogP contribution >= 0.6 is 31.9 Å². The van der Waals surface area contributed by atoms with Crippen molar-refractivity contribution in [2.75, 3.05) is 0 Å². The fourth-order valence-electron chi connectivity index (χ4n) is 2.37. The third-order valence-electron chi connectivity index (χ3n) is 3.25. The Morgan fingerprint density at radius 2 is 1.93 bits per heavy atom. The zero-order valence-electron chi connectivity index (χ0n) is 8.98. The molecule has 0 radical (unpaired) electrons. The van der Waals surface area contributed by atoms with E-state index in [9.17, 15) is 0 Å². The van der Waals surface area contributed by atoms with Gasteiger partial charge in [0.05, 0.1) is 0 Å². The number of halogens is 2. The van der Waals surface area contributed by atoms with Gasteiger partial charge in [-0.1, -0.05) is 38.8 Å². The van der Waals surface area contributed by atoms with E-state index >= 15 is 0 Å². The largest absolute Gasteiger partial charge is 0.324 e. The van der Waals surface area contributed by atoms with Gasteiger partial charge in [-0.25, -0.2) is 0 Å². The fraction of sp³-hybridized carbons (Fsp3) is 0.500. The molecule has 2 unspecified atom stereocenters. The monoisotopic (exact) mass is 331 g/mol. The van der Waals surface area contributed by atoms with Gasteiger partial charge in [0.1, 0.15) is 0 Å². The lowest BCUT2D eigenvalue weighted by Crippen LogP contribution is -2.21. The van der Waals surface area contributed by atoms with Gasteiger partial charge in [-0.3, -0.25) is 0 Å². The number of rotatable bonds is 0. The molecule has 15 heavy (non-hydrogen) atoms. The number of hydrogen-bond donors (Lipinski definition) is 1. The van der Waals surface area contributed by atoms with Crippen LogP contribution < -0.4 is 5.73 Å². The Kier molecular flexibility index (Phi) is 3.25. The highest BCUT2D eigenvalue weighted by Crippen LogP contribution is 2.44. The molecular formula is C12H15Br2N. The summed E-state index contributed by atoms with van der Waals surface area (Å²) in [6, 6.07) is 2.36. The molecule has 0 amide bonds. The smallest absolute Gasteiger partial charge is 0.0309 e. The molecule has 1 aromatic rings. The van der Waals surface area contributed by atoms with Crippen molar-refractivity contribution in [2.45, 2.75) is 38.6 Å². The van der Waals surface area contributed by atoms with E-state index in [1.165, 1.54) is 32.1 Å². The Morgan fingerprint density at radius 1 is 1.27 bits per heavy atom. The summed E-state index contributed by atoms with van der Waals surface area (Å²) in [4.78, 5) is 0. The van der Waals surface area contributed by atoms with Gasteiger partial charge >= 0.3 is 0 Å². The predicted molar refractivity (Wildman–Crippen MR) is 71.2 cm³/mol. The van der Waals surface area contributed by atoms with E-state index in [4.69, 9.17) is 5.73 Å². The van der Waals surface area contributed by atoms with Crippen LogP contribution in [0, 0.1) is 6.92 Å².